The average molecular weight is 300 g/mol. The Bertz CT molecular complexity index is 633. The Morgan fingerprint density at radius 3 is 2.68 bits per heavy atom. The number of nitrogens with zero attached hydrogens (tertiary/aromatic N) is 4. The monoisotopic (exact) mass is 300 g/mol. The molecule has 1 fully saturated rings. The fraction of sp³-hybridized carbons (Fsp3) is 0.438. The van der Waals surface area contributed by atoms with Crippen molar-refractivity contribution in [3.05, 3.63) is 47.6 Å². The highest BCUT2D eigenvalue weighted by Gasteiger charge is 2.27. The van der Waals surface area contributed by atoms with E-state index in [1.165, 1.54) is 5.56 Å². The van der Waals surface area contributed by atoms with Gasteiger partial charge in [-0.15, -0.1) is 0 Å². The summed E-state index contributed by atoms with van der Waals surface area (Å²) in [7, 11) is 0. The minimum Gasteiger partial charge on any atom is -0.351 e. The maximum atomic E-state index is 12.3. The summed E-state index contributed by atoms with van der Waals surface area (Å²) in [5, 5.41) is 3.78. The van der Waals surface area contributed by atoms with Crippen LogP contribution in [-0.4, -0.2) is 52.0 Å². The Labute approximate surface area is 129 Å². The minimum atomic E-state index is -0.0747. The molecule has 0 saturated carbocycles. The van der Waals surface area contributed by atoms with E-state index in [2.05, 4.69) is 28.0 Å². The molecule has 22 heavy (non-hydrogen) atoms. The van der Waals surface area contributed by atoms with Crippen LogP contribution in [0.4, 0.5) is 0 Å². The van der Waals surface area contributed by atoms with Crippen LogP contribution < -0.4 is 0 Å². The molecule has 0 aliphatic carbocycles. The summed E-state index contributed by atoms with van der Waals surface area (Å²) in [6, 6.07) is 6.04. The molecule has 0 N–H and O–H groups in total. The van der Waals surface area contributed by atoms with E-state index in [1.807, 2.05) is 24.1 Å². The topological polar surface area (TPSA) is 62.5 Å². The molecule has 0 radical (unpaired) electrons. The second-order valence-corrected chi connectivity index (χ2v) is 5.62. The summed E-state index contributed by atoms with van der Waals surface area (Å²) in [5.41, 5.74) is 1.93. The number of aromatic nitrogens is 2. The van der Waals surface area contributed by atoms with Crippen LogP contribution >= 0.6 is 0 Å². The zero-order valence-electron chi connectivity index (χ0n) is 12.9. The van der Waals surface area contributed by atoms with Crippen LogP contribution in [0.5, 0.6) is 0 Å². The summed E-state index contributed by atoms with van der Waals surface area (Å²) in [4.78, 5) is 20.7. The van der Waals surface area contributed by atoms with Crippen molar-refractivity contribution in [1.29, 1.82) is 0 Å². The molecule has 1 amide bonds. The molecule has 0 spiro atoms. The molecule has 1 aliphatic heterocycles. The number of carbonyl (C=O) groups excluding carboxylic acids is 1. The van der Waals surface area contributed by atoms with E-state index < -0.39 is 0 Å². The highest BCUT2D eigenvalue weighted by molar-refractivity contribution is 5.91. The van der Waals surface area contributed by atoms with Gasteiger partial charge in [-0.2, -0.15) is 0 Å². The molecule has 0 bridgehead atoms. The fourth-order valence-electron chi connectivity index (χ4n) is 2.77. The van der Waals surface area contributed by atoms with Gasteiger partial charge in [-0.1, -0.05) is 11.2 Å². The zero-order valence-corrected chi connectivity index (χ0v) is 12.9. The number of aryl methyl sites for hydroxylation is 1. The molecular formula is C16H20N4O2. The van der Waals surface area contributed by atoms with Crippen LogP contribution in [0.2, 0.25) is 0 Å². The fourth-order valence-corrected chi connectivity index (χ4v) is 2.77. The van der Waals surface area contributed by atoms with E-state index in [4.69, 9.17) is 4.52 Å². The minimum absolute atomic E-state index is 0.0747. The standard InChI is InChI=1S/C16H20N4O2/c1-12-10-15(22-18-12)16(21)20-8-6-19(7-9-20)13(2)14-4-3-5-17-11-14/h3-5,10-11,13H,6-9H2,1-2H3/t13-/m1/s1. The predicted molar refractivity (Wildman–Crippen MR) is 81.4 cm³/mol. The molecule has 2 aromatic rings. The van der Waals surface area contributed by atoms with Gasteiger partial charge in [-0.3, -0.25) is 14.7 Å². The van der Waals surface area contributed by atoms with Gasteiger partial charge in [0.2, 0.25) is 5.76 Å². The first-order valence-corrected chi connectivity index (χ1v) is 7.51. The Kier molecular flexibility index (Phi) is 4.20. The first-order chi connectivity index (χ1) is 10.6. The largest absolute Gasteiger partial charge is 0.351 e. The molecule has 6 heteroatoms. The number of piperazine rings is 1. The molecule has 2 aromatic heterocycles. The third kappa shape index (κ3) is 3.01. The lowest BCUT2D eigenvalue weighted by Gasteiger charge is -2.37. The van der Waals surface area contributed by atoms with Gasteiger partial charge in [0.1, 0.15) is 0 Å². The van der Waals surface area contributed by atoms with Crippen molar-refractivity contribution < 1.29 is 9.32 Å². The molecule has 0 aromatic carbocycles. The lowest BCUT2D eigenvalue weighted by Crippen LogP contribution is -2.49. The van der Waals surface area contributed by atoms with Crippen molar-refractivity contribution in [1.82, 2.24) is 19.9 Å². The van der Waals surface area contributed by atoms with Crippen molar-refractivity contribution in [3.8, 4) is 0 Å². The third-order valence-electron chi connectivity index (χ3n) is 4.15. The summed E-state index contributed by atoms with van der Waals surface area (Å²) in [6.45, 7) is 7.07. The molecule has 1 saturated heterocycles. The zero-order chi connectivity index (χ0) is 15.5. The maximum Gasteiger partial charge on any atom is 0.292 e. The van der Waals surface area contributed by atoms with E-state index in [0.29, 0.717) is 24.9 Å². The second-order valence-electron chi connectivity index (χ2n) is 5.62. The van der Waals surface area contributed by atoms with Gasteiger partial charge < -0.3 is 9.42 Å². The lowest BCUT2D eigenvalue weighted by atomic mass is 10.1. The smallest absolute Gasteiger partial charge is 0.292 e. The van der Waals surface area contributed by atoms with Crippen LogP contribution in [0, 0.1) is 6.92 Å². The van der Waals surface area contributed by atoms with Crippen molar-refractivity contribution >= 4 is 5.91 Å². The highest BCUT2D eigenvalue weighted by atomic mass is 16.5. The molecular weight excluding hydrogens is 280 g/mol. The summed E-state index contributed by atoms with van der Waals surface area (Å²) in [6.07, 6.45) is 3.69. The highest BCUT2D eigenvalue weighted by Crippen LogP contribution is 2.21. The number of rotatable bonds is 3. The van der Waals surface area contributed by atoms with Crippen LogP contribution in [0.3, 0.4) is 0 Å². The first-order valence-electron chi connectivity index (χ1n) is 7.51. The van der Waals surface area contributed by atoms with Gasteiger partial charge in [0.15, 0.2) is 0 Å². The number of hydrogen-bond acceptors (Lipinski definition) is 5. The number of hydrogen-bond donors (Lipinski definition) is 0. The van der Waals surface area contributed by atoms with Crippen molar-refractivity contribution in [2.75, 3.05) is 26.2 Å². The number of amides is 1. The van der Waals surface area contributed by atoms with E-state index in [-0.39, 0.29) is 5.91 Å². The Balaban J connectivity index is 1.59. The lowest BCUT2D eigenvalue weighted by molar-refractivity contribution is 0.0544. The maximum absolute atomic E-state index is 12.3. The van der Waals surface area contributed by atoms with E-state index in [0.717, 1.165) is 18.8 Å². The van der Waals surface area contributed by atoms with Crippen LogP contribution in [-0.2, 0) is 0 Å². The molecule has 0 unspecified atom stereocenters. The SMILES string of the molecule is Cc1cc(C(=O)N2CCN([C@H](C)c3cccnc3)CC2)on1. The van der Waals surface area contributed by atoms with Gasteiger partial charge in [0.05, 0.1) is 5.69 Å². The van der Waals surface area contributed by atoms with Gasteiger partial charge in [0.25, 0.3) is 5.91 Å². The van der Waals surface area contributed by atoms with E-state index >= 15 is 0 Å². The van der Waals surface area contributed by atoms with Gasteiger partial charge >= 0.3 is 0 Å². The van der Waals surface area contributed by atoms with Gasteiger partial charge in [-0.25, -0.2) is 0 Å². The molecule has 3 rings (SSSR count). The Hall–Kier alpha value is -2.21. The molecule has 1 atom stereocenters. The Morgan fingerprint density at radius 1 is 1.32 bits per heavy atom. The van der Waals surface area contributed by atoms with Crippen LogP contribution in [0.1, 0.15) is 34.8 Å². The summed E-state index contributed by atoms with van der Waals surface area (Å²) >= 11 is 0. The summed E-state index contributed by atoms with van der Waals surface area (Å²) < 4.78 is 5.06. The van der Waals surface area contributed by atoms with E-state index in [9.17, 15) is 4.79 Å². The third-order valence-corrected chi connectivity index (χ3v) is 4.15. The number of carbonyl (C=O) groups is 1. The van der Waals surface area contributed by atoms with Crippen LogP contribution in [0.15, 0.2) is 35.1 Å². The first kappa shape index (κ1) is 14.7. The average Bonchev–Trinajstić information content (AvgIpc) is 3.01. The van der Waals surface area contributed by atoms with E-state index in [1.54, 1.807) is 12.3 Å². The van der Waals surface area contributed by atoms with Gasteiger partial charge in [-0.05, 0) is 25.5 Å². The summed E-state index contributed by atoms with van der Waals surface area (Å²) in [5.74, 6) is 0.250. The molecule has 116 valence electrons. The second kappa shape index (κ2) is 6.27. The van der Waals surface area contributed by atoms with Crippen LogP contribution in [0.25, 0.3) is 0 Å². The number of pyridine rings is 1. The molecule has 6 nitrogen and oxygen atoms in total. The molecule has 3 heterocycles. The Morgan fingerprint density at radius 2 is 2.09 bits per heavy atom. The molecule has 1 aliphatic rings. The normalized spacial score (nSPS) is 17.5. The van der Waals surface area contributed by atoms with Crippen molar-refractivity contribution in [2.24, 2.45) is 0 Å². The van der Waals surface area contributed by atoms with Gasteiger partial charge in [0, 0.05) is 50.7 Å². The quantitative estimate of drug-likeness (QED) is 0.866. The van der Waals surface area contributed by atoms with Crippen molar-refractivity contribution in [3.63, 3.8) is 0 Å². The predicted octanol–water partition coefficient (Wildman–Crippen LogP) is 1.90. The van der Waals surface area contributed by atoms with Crippen molar-refractivity contribution in [2.45, 2.75) is 19.9 Å².